The van der Waals surface area contributed by atoms with Crippen molar-refractivity contribution in [3.05, 3.63) is 29.8 Å². The Balaban J connectivity index is 0.00000529. The first-order chi connectivity index (χ1) is 10.8. The van der Waals surface area contributed by atoms with Crippen LogP contribution in [0.1, 0.15) is 39.7 Å². The minimum atomic E-state index is -0.243. The van der Waals surface area contributed by atoms with Crippen LogP contribution in [-0.4, -0.2) is 38.3 Å². The molecule has 0 saturated carbocycles. The Morgan fingerprint density at radius 3 is 2.29 bits per heavy atom. The van der Waals surface area contributed by atoms with Crippen LogP contribution >= 0.6 is 12.4 Å². The summed E-state index contributed by atoms with van der Waals surface area (Å²) in [6.07, 6.45) is 0.0190. The van der Waals surface area contributed by atoms with E-state index in [1.54, 1.807) is 7.11 Å². The Kier molecular flexibility index (Phi) is 9.97. The van der Waals surface area contributed by atoms with Gasteiger partial charge in [-0.1, -0.05) is 32.9 Å². The van der Waals surface area contributed by atoms with Gasteiger partial charge in [0.1, 0.15) is 12.4 Å². The molecule has 0 aromatic heterocycles. The van der Waals surface area contributed by atoms with E-state index in [4.69, 9.17) is 15.2 Å². The van der Waals surface area contributed by atoms with E-state index in [9.17, 15) is 4.79 Å². The summed E-state index contributed by atoms with van der Waals surface area (Å²) in [5.74, 6) is 0.720. The first kappa shape index (κ1) is 22.7. The third-order valence-electron chi connectivity index (χ3n) is 3.64. The van der Waals surface area contributed by atoms with E-state index in [0.717, 1.165) is 5.75 Å². The lowest BCUT2D eigenvalue weighted by Crippen LogP contribution is -2.39. The Morgan fingerprint density at radius 2 is 1.83 bits per heavy atom. The van der Waals surface area contributed by atoms with Crippen LogP contribution in [0.2, 0.25) is 0 Å². The second-order valence-corrected chi connectivity index (χ2v) is 6.85. The van der Waals surface area contributed by atoms with Crippen LogP contribution in [0.25, 0.3) is 0 Å². The van der Waals surface area contributed by atoms with Crippen LogP contribution in [0, 0.1) is 0 Å². The van der Waals surface area contributed by atoms with Crippen LogP contribution in [0.5, 0.6) is 5.75 Å². The van der Waals surface area contributed by atoms with Crippen molar-refractivity contribution in [1.29, 1.82) is 0 Å². The third-order valence-corrected chi connectivity index (χ3v) is 3.64. The Labute approximate surface area is 151 Å². The number of hydrogen-bond acceptors (Lipinski definition) is 4. The summed E-state index contributed by atoms with van der Waals surface area (Å²) < 4.78 is 10.8. The maximum absolute atomic E-state index is 11.8. The molecule has 0 aliphatic carbocycles. The average Bonchev–Trinajstić information content (AvgIpc) is 2.50. The molecule has 0 bridgehead atoms. The fraction of sp³-hybridized carbons (Fsp3) is 0.611. The molecule has 0 aliphatic heterocycles. The Bertz CT molecular complexity index is 482. The van der Waals surface area contributed by atoms with Gasteiger partial charge in [0.2, 0.25) is 5.91 Å². The number of ether oxygens (including phenoxy) is 2. The number of nitrogens with one attached hydrogen (secondary N) is 1. The average molecular weight is 359 g/mol. The molecule has 1 rings (SSSR count). The molecule has 1 amide bonds. The minimum absolute atomic E-state index is 0. The lowest BCUT2D eigenvalue weighted by molar-refractivity contribution is -0.124. The summed E-state index contributed by atoms with van der Waals surface area (Å²) in [6, 6.07) is 7.99. The van der Waals surface area contributed by atoms with E-state index in [0.29, 0.717) is 13.2 Å². The molecule has 0 aliphatic rings. The molecule has 0 spiro atoms. The van der Waals surface area contributed by atoms with E-state index in [2.05, 4.69) is 38.2 Å². The standard InChI is InChI=1S/C18H30N2O3.ClH/c1-13(20-17(21)10-16(11-19)22-5)12-23-15-8-6-14(7-9-15)18(2,3)4;/h6-9,13,16H,10-12,19H2,1-5H3,(H,20,21);1H. The molecule has 5 nitrogen and oxygen atoms in total. The molecule has 2 unspecified atom stereocenters. The first-order valence-corrected chi connectivity index (χ1v) is 8.01. The zero-order valence-electron chi connectivity index (χ0n) is 15.3. The van der Waals surface area contributed by atoms with Gasteiger partial charge >= 0.3 is 0 Å². The molecule has 1 aromatic carbocycles. The molecule has 138 valence electrons. The van der Waals surface area contributed by atoms with Gasteiger partial charge in [0.05, 0.1) is 18.6 Å². The number of carbonyl (C=O) groups excluding carboxylic acids is 1. The molecule has 0 heterocycles. The Hall–Kier alpha value is -1.30. The predicted molar refractivity (Wildman–Crippen MR) is 100.0 cm³/mol. The fourth-order valence-corrected chi connectivity index (χ4v) is 2.12. The van der Waals surface area contributed by atoms with Gasteiger partial charge < -0.3 is 20.5 Å². The van der Waals surface area contributed by atoms with Crippen molar-refractivity contribution in [2.24, 2.45) is 5.73 Å². The molecule has 1 aromatic rings. The van der Waals surface area contributed by atoms with Gasteiger partial charge in [0.25, 0.3) is 0 Å². The van der Waals surface area contributed by atoms with Crippen LogP contribution in [0.4, 0.5) is 0 Å². The molecule has 6 heteroatoms. The van der Waals surface area contributed by atoms with E-state index < -0.39 is 0 Å². The zero-order chi connectivity index (χ0) is 17.5. The predicted octanol–water partition coefficient (Wildman–Crippen LogP) is 2.65. The topological polar surface area (TPSA) is 73.6 Å². The van der Waals surface area contributed by atoms with Gasteiger partial charge in [-0.3, -0.25) is 4.79 Å². The molecule has 2 atom stereocenters. The number of hydrogen-bond donors (Lipinski definition) is 2. The van der Waals surface area contributed by atoms with Crippen LogP contribution in [0.3, 0.4) is 0 Å². The van der Waals surface area contributed by atoms with Crippen molar-refractivity contribution >= 4 is 18.3 Å². The SMILES string of the molecule is COC(CN)CC(=O)NC(C)COc1ccc(C(C)(C)C)cc1.Cl. The van der Waals surface area contributed by atoms with Crippen LogP contribution < -0.4 is 15.8 Å². The summed E-state index contributed by atoms with van der Waals surface area (Å²) in [4.78, 5) is 11.8. The normalized spacial score (nSPS) is 13.6. The fourth-order valence-electron chi connectivity index (χ4n) is 2.12. The van der Waals surface area contributed by atoms with Crippen molar-refractivity contribution in [2.45, 2.75) is 51.7 Å². The molecule has 0 radical (unpaired) electrons. The Morgan fingerprint density at radius 1 is 1.25 bits per heavy atom. The van der Waals surface area contributed by atoms with Crippen molar-refractivity contribution in [2.75, 3.05) is 20.3 Å². The smallest absolute Gasteiger partial charge is 0.222 e. The highest BCUT2D eigenvalue weighted by atomic mass is 35.5. The maximum Gasteiger partial charge on any atom is 0.222 e. The van der Waals surface area contributed by atoms with Crippen molar-refractivity contribution in [3.63, 3.8) is 0 Å². The number of nitrogens with two attached hydrogens (primary N) is 1. The highest BCUT2D eigenvalue weighted by Crippen LogP contribution is 2.24. The summed E-state index contributed by atoms with van der Waals surface area (Å²) in [6.45, 7) is 9.18. The van der Waals surface area contributed by atoms with Gasteiger partial charge in [-0.05, 0) is 30.0 Å². The number of benzene rings is 1. The van der Waals surface area contributed by atoms with E-state index >= 15 is 0 Å². The number of carbonyl (C=O) groups is 1. The summed E-state index contributed by atoms with van der Waals surface area (Å²) in [7, 11) is 1.55. The van der Waals surface area contributed by atoms with Gasteiger partial charge in [0.15, 0.2) is 0 Å². The second kappa shape index (κ2) is 10.5. The highest BCUT2D eigenvalue weighted by molar-refractivity contribution is 5.85. The monoisotopic (exact) mass is 358 g/mol. The van der Waals surface area contributed by atoms with Gasteiger partial charge in [0, 0.05) is 13.7 Å². The number of rotatable bonds is 8. The molecule has 0 saturated heterocycles. The van der Waals surface area contributed by atoms with Gasteiger partial charge in [-0.2, -0.15) is 0 Å². The molecule has 3 N–H and O–H groups in total. The van der Waals surface area contributed by atoms with Crippen molar-refractivity contribution in [3.8, 4) is 5.75 Å². The van der Waals surface area contributed by atoms with Gasteiger partial charge in [-0.15, -0.1) is 12.4 Å². The third kappa shape index (κ3) is 7.99. The highest BCUT2D eigenvalue weighted by Gasteiger charge is 2.15. The molecule has 24 heavy (non-hydrogen) atoms. The molecule has 0 fully saturated rings. The summed E-state index contributed by atoms with van der Waals surface area (Å²) >= 11 is 0. The lowest BCUT2D eigenvalue weighted by atomic mass is 9.87. The quantitative estimate of drug-likeness (QED) is 0.749. The van der Waals surface area contributed by atoms with E-state index in [-0.39, 0.29) is 42.3 Å². The summed E-state index contributed by atoms with van der Waals surface area (Å²) in [5.41, 5.74) is 6.90. The maximum atomic E-state index is 11.8. The van der Waals surface area contributed by atoms with E-state index in [1.165, 1.54) is 5.56 Å². The van der Waals surface area contributed by atoms with Crippen LogP contribution in [-0.2, 0) is 14.9 Å². The number of methoxy groups -OCH3 is 1. The zero-order valence-corrected chi connectivity index (χ0v) is 16.1. The van der Waals surface area contributed by atoms with Gasteiger partial charge in [-0.25, -0.2) is 0 Å². The molecular weight excluding hydrogens is 328 g/mol. The second-order valence-electron chi connectivity index (χ2n) is 6.85. The number of amides is 1. The van der Waals surface area contributed by atoms with Crippen molar-refractivity contribution < 1.29 is 14.3 Å². The van der Waals surface area contributed by atoms with E-state index in [1.807, 2.05) is 19.1 Å². The minimum Gasteiger partial charge on any atom is -0.491 e. The lowest BCUT2D eigenvalue weighted by Gasteiger charge is -2.20. The first-order valence-electron chi connectivity index (χ1n) is 8.01. The number of halogens is 1. The summed E-state index contributed by atoms with van der Waals surface area (Å²) in [5, 5.41) is 2.89. The van der Waals surface area contributed by atoms with Crippen LogP contribution in [0.15, 0.2) is 24.3 Å². The largest absolute Gasteiger partial charge is 0.491 e. The van der Waals surface area contributed by atoms with Crippen molar-refractivity contribution in [1.82, 2.24) is 5.32 Å². The molecular formula is C18H31ClN2O3.